The monoisotopic (exact) mass is 502 g/mol. The Morgan fingerprint density at radius 1 is 1.29 bits per heavy atom. The first-order valence-corrected chi connectivity index (χ1v) is 10.4. The third-order valence-corrected chi connectivity index (χ3v) is 5.36. The van der Waals surface area contributed by atoms with Crippen LogP contribution < -0.4 is 10.6 Å². The number of hydrogen-bond acceptors (Lipinski definition) is 3. The molecule has 0 radical (unpaired) electrons. The van der Waals surface area contributed by atoms with Gasteiger partial charge in [-0.3, -0.25) is 4.99 Å². The number of aliphatic imine (C=N–C) groups is 1. The summed E-state index contributed by atoms with van der Waals surface area (Å²) in [6.45, 7) is 13.4. The molecule has 1 aromatic rings. The summed E-state index contributed by atoms with van der Waals surface area (Å²) in [6, 6.07) is 8.74. The lowest BCUT2D eigenvalue weighted by Crippen LogP contribution is -2.43. The number of halogens is 1. The minimum absolute atomic E-state index is 0. The van der Waals surface area contributed by atoms with Crippen molar-refractivity contribution in [3.63, 3.8) is 0 Å². The minimum Gasteiger partial charge on any atom is -0.383 e. The third-order valence-electron chi connectivity index (χ3n) is 5.36. The van der Waals surface area contributed by atoms with Gasteiger partial charge >= 0.3 is 0 Å². The molecule has 1 heterocycles. The number of piperidine rings is 1. The van der Waals surface area contributed by atoms with Crippen molar-refractivity contribution in [1.29, 1.82) is 0 Å². The van der Waals surface area contributed by atoms with E-state index in [1.54, 1.807) is 7.11 Å². The van der Waals surface area contributed by atoms with Gasteiger partial charge in [0.05, 0.1) is 6.61 Å². The van der Waals surface area contributed by atoms with E-state index in [-0.39, 0.29) is 24.0 Å². The zero-order valence-corrected chi connectivity index (χ0v) is 20.4. The Morgan fingerprint density at radius 2 is 2.04 bits per heavy atom. The van der Waals surface area contributed by atoms with E-state index in [1.165, 1.54) is 37.1 Å². The van der Waals surface area contributed by atoms with Crippen LogP contribution in [-0.4, -0.2) is 63.8 Å². The molecule has 0 amide bonds. The molecule has 6 heteroatoms. The van der Waals surface area contributed by atoms with Crippen LogP contribution in [0.2, 0.25) is 0 Å². The highest BCUT2D eigenvalue weighted by Gasteiger charge is 2.19. The molecule has 0 aliphatic carbocycles. The molecule has 28 heavy (non-hydrogen) atoms. The summed E-state index contributed by atoms with van der Waals surface area (Å²) < 4.78 is 5.18. The highest BCUT2D eigenvalue weighted by Crippen LogP contribution is 2.17. The molecule has 0 bridgehead atoms. The van der Waals surface area contributed by atoms with E-state index in [9.17, 15) is 0 Å². The number of rotatable bonds is 9. The summed E-state index contributed by atoms with van der Waals surface area (Å²) in [6.07, 6.45) is 2.49. The lowest BCUT2D eigenvalue weighted by Gasteiger charge is -2.32. The van der Waals surface area contributed by atoms with Crippen LogP contribution in [0.25, 0.3) is 0 Å². The second-order valence-electron chi connectivity index (χ2n) is 7.69. The van der Waals surface area contributed by atoms with Crippen LogP contribution in [0.15, 0.2) is 29.3 Å². The number of ether oxygens (including phenoxy) is 1. The molecular formula is C22H39IN4O. The molecule has 5 nitrogen and oxygen atoms in total. The molecule has 0 spiro atoms. The quantitative estimate of drug-likeness (QED) is 0.308. The summed E-state index contributed by atoms with van der Waals surface area (Å²) in [5, 5.41) is 6.95. The van der Waals surface area contributed by atoms with Gasteiger partial charge in [0.15, 0.2) is 5.96 Å². The Morgan fingerprint density at radius 3 is 2.68 bits per heavy atom. The van der Waals surface area contributed by atoms with Crippen LogP contribution >= 0.6 is 24.0 Å². The average molecular weight is 502 g/mol. The average Bonchev–Trinajstić information content (AvgIpc) is 2.69. The van der Waals surface area contributed by atoms with Gasteiger partial charge in [0.25, 0.3) is 0 Å². The molecule has 1 aromatic carbocycles. The number of nitrogens with zero attached hydrogens (tertiary/aromatic N) is 2. The molecule has 1 fully saturated rings. The zero-order chi connectivity index (χ0) is 19.5. The highest BCUT2D eigenvalue weighted by molar-refractivity contribution is 14.0. The third kappa shape index (κ3) is 9.09. The first-order chi connectivity index (χ1) is 13.1. The van der Waals surface area contributed by atoms with Crippen LogP contribution in [0, 0.1) is 12.8 Å². The van der Waals surface area contributed by atoms with Crippen molar-refractivity contribution < 1.29 is 4.74 Å². The van der Waals surface area contributed by atoms with Gasteiger partial charge in [-0.1, -0.05) is 36.8 Å². The largest absolute Gasteiger partial charge is 0.383 e. The normalized spacial score (nSPS) is 17.1. The van der Waals surface area contributed by atoms with E-state index in [0.717, 1.165) is 44.7 Å². The summed E-state index contributed by atoms with van der Waals surface area (Å²) in [5.74, 6) is 2.09. The number of likely N-dealkylation sites (tertiary alicyclic amines) is 1. The molecule has 160 valence electrons. The van der Waals surface area contributed by atoms with Gasteiger partial charge < -0.3 is 20.3 Å². The molecule has 0 aromatic heterocycles. The Labute approximate surface area is 188 Å². The lowest BCUT2D eigenvalue weighted by molar-refractivity contribution is 0.121. The van der Waals surface area contributed by atoms with Crippen molar-refractivity contribution in [1.82, 2.24) is 15.5 Å². The number of methoxy groups -OCH3 is 1. The maximum atomic E-state index is 5.18. The van der Waals surface area contributed by atoms with Crippen molar-refractivity contribution in [3.05, 3.63) is 35.4 Å². The van der Waals surface area contributed by atoms with Gasteiger partial charge in [-0.2, -0.15) is 0 Å². The van der Waals surface area contributed by atoms with Crippen LogP contribution in [0.1, 0.15) is 43.7 Å². The predicted octanol–water partition coefficient (Wildman–Crippen LogP) is 3.63. The van der Waals surface area contributed by atoms with E-state index in [4.69, 9.17) is 9.73 Å². The molecule has 0 saturated carbocycles. The molecule has 2 N–H and O–H groups in total. The van der Waals surface area contributed by atoms with Gasteiger partial charge in [0.2, 0.25) is 0 Å². The van der Waals surface area contributed by atoms with Crippen LogP contribution in [0.5, 0.6) is 0 Å². The summed E-state index contributed by atoms with van der Waals surface area (Å²) in [7, 11) is 1.78. The number of guanidine groups is 1. The lowest BCUT2D eigenvalue weighted by atomic mass is 9.97. The Bertz CT molecular complexity index is 573. The number of nitrogens with one attached hydrogen (secondary N) is 2. The standard InChI is InChI=1S/C22H38N4O.HI/c1-5-23-22(24-16-19(3)21-8-6-7-18(2)15-21)25-17-20-9-11-26(12-10-20)13-14-27-4;/h6-8,15,19-20H,5,9-14,16-17H2,1-4H3,(H2,23,24,25);1H. The topological polar surface area (TPSA) is 48.9 Å². The van der Waals surface area contributed by atoms with E-state index in [2.05, 4.69) is 60.6 Å². The summed E-state index contributed by atoms with van der Waals surface area (Å²) >= 11 is 0. The van der Waals surface area contributed by atoms with E-state index in [1.807, 2.05) is 0 Å². The van der Waals surface area contributed by atoms with Crippen molar-refractivity contribution in [2.75, 3.05) is 53.0 Å². The zero-order valence-electron chi connectivity index (χ0n) is 18.0. The van der Waals surface area contributed by atoms with Crippen LogP contribution in [0.4, 0.5) is 0 Å². The molecule has 1 aliphatic rings. The van der Waals surface area contributed by atoms with Crippen molar-refractivity contribution in [2.24, 2.45) is 10.9 Å². The van der Waals surface area contributed by atoms with Crippen molar-refractivity contribution in [3.8, 4) is 0 Å². The fourth-order valence-corrected chi connectivity index (χ4v) is 3.53. The fraction of sp³-hybridized carbons (Fsp3) is 0.682. The molecular weight excluding hydrogens is 463 g/mol. The molecule has 1 unspecified atom stereocenters. The Hall–Kier alpha value is -0.860. The highest BCUT2D eigenvalue weighted by atomic mass is 127. The SMILES string of the molecule is CCNC(=NCC(C)c1cccc(C)c1)NCC1CCN(CCOC)CC1.I. The number of benzene rings is 1. The number of aryl methyl sites for hydroxylation is 1. The molecule has 1 atom stereocenters. The van der Waals surface area contributed by atoms with E-state index < -0.39 is 0 Å². The second kappa shape index (κ2) is 14.2. The maximum absolute atomic E-state index is 5.18. The van der Waals surface area contributed by atoms with Crippen LogP contribution in [0.3, 0.4) is 0 Å². The van der Waals surface area contributed by atoms with E-state index >= 15 is 0 Å². The number of hydrogen-bond donors (Lipinski definition) is 2. The van der Waals surface area contributed by atoms with Gasteiger partial charge in [0.1, 0.15) is 0 Å². The molecule has 1 aliphatic heterocycles. The second-order valence-corrected chi connectivity index (χ2v) is 7.69. The fourth-order valence-electron chi connectivity index (χ4n) is 3.53. The smallest absolute Gasteiger partial charge is 0.191 e. The minimum atomic E-state index is 0. The van der Waals surface area contributed by atoms with Gasteiger partial charge in [-0.15, -0.1) is 24.0 Å². The Kier molecular flexibility index (Phi) is 12.7. The summed E-state index contributed by atoms with van der Waals surface area (Å²) in [4.78, 5) is 7.33. The van der Waals surface area contributed by atoms with Gasteiger partial charge in [-0.25, -0.2) is 0 Å². The van der Waals surface area contributed by atoms with Crippen molar-refractivity contribution in [2.45, 2.75) is 39.5 Å². The summed E-state index contributed by atoms with van der Waals surface area (Å²) in [5.41, 5.74) is 2.67. The van der Waals surface area contributed by atoms with Crippen molar-refractivity contribution >= 4 is 29.9 Å². The van der Waals surface area contributed by atoms with Crippen LogP contribution in [-0.2, 0) is 4.74 Å². The maximum Gasteiger partial charge on any atom is 0.191 e. The molecule has 1 saturated heterocycles. The van der Waals surface area contributed by atoms with Gasteiger partial charge in [-0.05, 0) is 51.3 Å². The first-order valence-electron chi connectivity index (χ1n) is 10.4. The Balaban J connectivity index is 0.00000392. The van der Waals surface area contributed by atoms with Gasteiger partial charge in [0, 0.05) is 39.2 Å². The molecule has 2 rings (SSSR count). The van der Waals surface area contributed by atoms with E-state index in [0.29, 0.717) is 5.92 Å². The first kappa shape index (κ1) is 25.2. The predicted molar refractivity (Wildman–Crippen MR) is 130 cm³/mol.